The van der Waals surface area contributed by atoms with Crippen LogP contribution in [-0.4, -0.2) is 40.3 Å². The molecule has 1 aliphatic rings. The summed E-state index contributed by atoms with van der Waals surface area (Å²) in [5, 5.41) is 9.13. The number of benzene rings is 3. The van der Waals surface area contributed by atoms with Gasteiger partial charge in [0.1, 0.15) is 0 Å². The Bertz CT molecular complexity index is 1590. The molecule has 0 spiro atoms. The molecule has 1 heterocycles. The van der Waals surface area contributed by atoms with E-state index < -0.39 is 35.1 Å². The number of nitrogens with zero attached hydrogens (tertiary/aromatic N) is 4. The molecule has 0 aromatic heterocycles. The Balaban J connectivity index is 1.61. The largest absolute Gasteiger partial charge is 0.416 e. The molecule has 3 aromatic carbocycles. The Morgan fingerprint density at radius 1 is 1.09 bits per heavy atom. The molecule has 0 radical (unpaired) electrons. The van der Waals surface area contributed by atoms with Crippen molar-refractivity contribution < 1.29 is 27.6 Å². The number of anilines is 1. The number of carbonyl (C=O) groups excluding carboxylic acids is 3. The van der Waals surface area contributed by atoms with E-state index in [1.807, 2.05) is 55.7 Å². The van der Waals surface area contributed by atoms with Crippen LogP contribution < -0.4 is 10.6 Å². The molecule has 2 N–H and O–H groups in total. The van der Waals surface area contributed by atoms with Crippen molar-refractivity contribution in [3.8, 4) is 0 Å². The van der Waals surface area contributed by atoms with E-state index in [0.717, 1.165) is 17.7 Å². The van der Waals surface area contributed by atoms with Crippen LogP contribution >= 0.6 is 34.4 Å². The predicted octanol–water partition coefficient (Wildman–Crippen LogP) is 6.96. The molecule has 13 heteroatoms. The van der Waals surface area contributed by atoms with Crippen molar-refractivity contribution in [2.45, 2.75) is 45.1 Å². The number of halogens is 4. The Labute approximate surface area is 265 Å². The van der Waals surface area contributed by atoms with Crippen LogP contribution in [0.2, 0.25) is 0 Å². The summed E-state index contributed by atoms with van der Waals surface area (Å²) < 4.78 is 39.4. The van der Waals surface area contributed by atoms with Crippen molar-refractivity contribution in [2.24, 2.45) is 16.1 Å². The number of nitrogens with two attached hydrogens (primary N) is 1. The van der Waals surface area contributed by atoms with Crippen LogP contribution in [0.1, 0.15) is 62.9 Å². The summed E-state index contributed by atoms with van der Waals surface area (Å²) in [6.45, 7) is 5.81. The third kappa shape index (κ3) is 6.87. The molecule has 0 aliphatic carbocycles. The molecular formula is C30H29F3IN5O3S. The van der Waals surface area contributed by atoms with Crippen LogP contribution in [0.4, 0.5) is 18.9 Å². The Kier molecular flexibility index (Phi) is 9.54. The van der Waals surface area contributed by atoms with Gasteiger partial charge in [-0.25, -0.2) is 5.01 Å². The maximum Gasteiger partial charge on any atom is 0.416 e. The lowest BCUT2D eigenvalue weighted by atomic mass is 9.97. The molecule has 226 valence electrons. The van der Waals surface area contributed by atoms with E-state index in [0.29, 0.717) is 26.1 Å². The Hall–Kier alpha value is -3.46. The minimum absolute atomic E-state index is 0.0746. The van der Waals surface area contributed by atoms with Gasteiger partial charge in [-0.1, -0.05) is 35.6 Å². The second-order valence-corrected chi connectivity index (χ2v) is 12.7. The highest BCUT2D eigenvalue weighted by Gasteiger charge is 2.37. The minimum Gasteiger partial charge on any atom is -0.366 e. The van der Waals surface area contributed by atoms with E-state index in [4.69, 9.17) is 5.73 Å². The average molecular weight is 724 g/mol. The number of alkyl halides is 3. The zero-order chi connectivity index (χ0) is 31.7. The van der Waals surface area contributed by atoms with Gasteiger partial charge in [-0.15, -0.1) is 0 Å². The van der Waals surface area contributed by atoms with Gasteiger partial charge in [0, 0.05) is 15.0 Å². The quantitative estimate of drug-likeness (QED) is 0.241. The number of rotatable bonds is 9. The first-order valence-corrected chi connectivity index (χ1v) is 15.5. The summed E-state index contributed by atoms with van der Waals surface area (Å²) in [6, 6.07) is 13.6. The third-order valence-corrected chi connectivity index (χ3v) is 8.84. The molecule has 3 aromatic rings. The van der Waals surface area contributed by atoms with Crippen molar-refractivity contribution in [1.82, 2.24) is 5.01 Å². The van der Waals surface area contributed by atoms with Crippen LogP contribution in [0.25, 0.3) is 0 Å². The number of hydrogen-bond acceptors (Lipinski definition) is 6. The molecule has 0 fully saturated rings. The summed E-state index contributed by atoms with van der Waals surface area (Å²) in [6.07, 6.45) is -2.54. The van der Waals surface area contributed by atoms with Crippen LogP contribution in [0.15, 0.2) is 71.0 Å². The molecule has 0 bridgehead atoms. The average Bonchev–Trinajstić information content (AvgIpc) is 3.28. The first kappa shape index (κ1) is 32.5. The zero-order valence-corrected chi connectivity index (χ0v) is 26.8. The van der Waals surface area contributed by atoms with Crippen LogP contribution in [0.3, 0.4) is 0 Å². The molecule has 3 amide bonds. The summed E-state index contributed by atoms with van der Waals surface area (Å²) in [5.74, 6) is -0.923. The number of amides is 3. The van der Waals surface area contributed by atoms with E-state index >= 15 is 0 Å². The number of carbonyl (C=O) groups is 3. The lowest BCUT2D eigenvalue weighted by Crippen LogP contribution is -2.51. The fraction of sp³-hybridized carbons (Fsp3) is 0.300. The van der Waals surface area contributed by atoms with E-state index in [1.165, 1.54) is 23.2 Å². The van der Waals surface area contributed by atoms with E-state index in [1.54, 1.807) is 40.9 Å². The molecule has 4 rings (SSSR count). The van der Waals surface area contributed by atoms with Crippen molar-refractivity contribution in [1.29, 1.82) is 0 Å². The molecule has 0 saturated carbocycles. The second-order valence-electron chi connectivity index (χ2n) is 10.7. The van der Waals surface area contributed by atoms with Gasteiger partial charge in [0.25, 0.3) is 11.8 Å². The van der Waals surface area contributed by atoms with Gasteiger partial charge in [0.15, 0.2) is 6.04 Å². The number of aryl methyl sites for hydroxylation is 1. The van der Waals surface area contributed by atoms with Gasteiger partial charge in [-0.05, 0) is 96.6 Å². The summed E-state index contributed by atoms with van der Waals surface area (Å²) >= 11 is 3.60. The lowest BCUT2D eigenvalue weighted by molar-refractivity contribution is -0.137. The Morgan fingerprint density at radius 3 is 2.35 bits per heavy atom. The van der Waals surface area contributed by atoms with Gasteiger partial charge in [-0.2, -0.15) is 30.0 Å². The first-order valence-electron chi connectivity index (χ1n) is 13.1. The lowest BCUT2D eigenvalue weighted by Gasteiger charge is -2.40. The summed E-state index contributed by atoms with van der Waals surface area (Å²) in [7, 11) is 0. The van der Waals surface area contributed by atoms with Crippen LogP contribution in [-0.2, 0) is 17.5 Å². The smallest absolute Gasteiger partial charge is 0.366 e. The number of primary amides is 1. The fourth-order valence-corrected chi connectivity index (χ4v) is 6.51. The SMILES string of the molecule is CSCC(C)(C)N(C(=O)c1c(I)cccc1C(N)=O)c1ccc(CN2N=NC(c3ccc(C(F)(F)F)cc3)C2=O)cc1C. The van der Waals surface area contributed by atoms with Gasteiger partial charge in [0.2, 0.25) is 5.91 Å². The summed E-state index contributed by atoms with van der Waals surface area (Å²) in [5.41, 5.74) is 6.91. The highest BCUT2D eigenvalue weighted by atomic mass is 127. The molecule has 1 unspecified atom stereocenters. The molecule has 1 atom stereocenters. The first-order chi connectivity index (χ1) is 20.2. The standard InChI is InChI=1S/C30H29F3IN5O3S/c1-17-14-18(15-38-28(42)25(36-37-38)19-9-11-20(12-10-19)30(31,32)33)8-13-23(17)39(29(2,3)16-43-4)27(41)24-21(26(35)40)6-5-7-22(24)34/h5-14,25H,15-16H2,1-4H3,(H2,35,40). The monoisotopic (exact) mass is 723 g/mol. The molecule has 0 saturated heterocycles. The van der Waals surface area contributed by atoms with E-state index in [-0.39, 0.29) is 23.6 Å². The van der Waals surface area contributed by atoms with Gasteiger partial charge in [-0.3, -0.25) is 14.4 Å². The molecule has 8 nitrogen and oxygen atoms in total. The highest BCUT2D eigenvalue weighted by molar-refractivity contribution is 14.1. The van der Waals surface area contributed by atoms with Crippen molar-refractivity contribution in [2.75, 3.05) is 16.9 Å². The molecular weight excluding hydrogens is 694 g/mol. The van der Waals surface area contributed by atoms with Crippen molar-refractivity contribution in [3.63, 3.8) is 0 Å². The van der Waals surface area contributed by atoms with Gasteiger partial charge < -0.3 is 10.6 Å². The molecule has 43 heavy (non-hydrogen) atoms. The normalized spacial score (nSPS) is 15.2. The molecule has 1 aliphatic heterocycles. The van der Waals surface area contributed by atoms with Gasteiger partial charge >= 0.3 is 6.18 Å². The topological polar surface area (TPSA) is 108 Å². The second kappa shape index (κ2) is 12.6. The van der Waals surface area contributed by atoms with Gasteiger partial charge in [0.05, 0.1) is 28.8 Å². The van der Waals surface area contributed by atoms with Crippen molar-refractivity contribution in [3.05, 3.63) is 97.6 Å². The third-order valence-electron chi connectivity index (χ3n) is 6.95. The highest BCUT2D eigenvalue weighted by Crippen LogP contribution is 2.35. The zero-order valence-electron chi connectivity index (χ0n) is 23.8. The fourth-order valence-electron chi connectivity index (χ4n) is 4.95. The van der Waals surface area contributed by atoms with Crippen LogP contribution in [0, 0.1) is 10.5 Å². The summed E-state index contributed by atoms with van der Waals surface area (Å²) in [4.78, 5) is 41.1. The van der Waals surface area contributed by atoms with E-state index in [2.05, 4.69) is 10.3 Å². The van der Waals surface area contributed by atoms with E-state index in [9.17, 15) is 27.6 Å². The number of thioether (sulfide) groups is 1. The minimum atomic E-state index is -4.48. The maximum absolute atomic E-state index is 14.2. The number of hydrogen-bond donors (Lipinski definition) is 1. The maximum atomic E-state index is 14.2. The Morgan fingerprint density at radius 2 is 1.77 bits per heavy atom. The van der Waals surface area contributed by atoms with Crippen LogP contribution in [0.5, 0.6) is 0 Å². The van der Waals surface area contributed by atoms with Crippen molar-refractivity contribution >= 4 is 57.8 Å². The predicted molar refractivity (Wildman–Crippen MR) is 168 cm³/mol.